The minimum atomic E-state index is -1.38. The van der Waals surface area contributed by atoms with E-state index >= 15 is 0 Å². The third-order valence-corrected chi connectivity index (χ3v) is 6.53. The van der Waals surface area contributed by atoms with Crippen molar-refractivity contribution in [2.45, 2.75) is 63.5 Å². The first-order chi connectivity index (χ1) is 14.6. The predicted octanol–water partition coefficient (Wildman–Crippen LogP) is 7.72. The Morgan fingerprint density at radius 1 is 1.42 bits per heavy atom. The van der Waals surface area contributed by atoms with Crippen molar-refractivity contribution >= 4 is 22.6 Å². The van der Waals surface area contributed by atoms with E-state index in [-0.39, 0.29) is 0 Å². The summed E-state index contributed by atoms with van der Waals surface area (Å²) in [4.78, 5) is 2.03. The SMILES string of the molecule is C=CCCC(CNC)C(CC(C)=C=CC)CC(C)C/C=C1/C([C@@](C)(F)I)=CC=CN1C. The Kier molecular flexibility index (Phi) is 12.7. The molecule has 0 aromatic heterocycles. The first-order valence-corrected chi connectivity index (χ1v) is 12.5. The van der Waals surface area contributed by atoms with Crippen LogP contribution in [-0.2, 0) is 0 Å². The minimum Gasteiger partial charge on any atom is -0.351 e. The molecule has 0 saturated heterocycles. The van der Waals surface area contributed by atoms with Gasteiger partial charge in [-0.2, -0.15) is 0 Å². The van der Waals surface area contributed by atoms with E-state index in [2.05, 4.69) is 37.6 Å². The van der Waals surface area contributed by atoms with Crippen molar-refractivity contribution in [2.24, 2.45) is 17.8 Å². The van der Waals surface area contributed by atoms with Gasteiger partial charge in [-0.3, -0.25) is 0 Å². The zero-order valence-corrected chi connectivity index (χ0v) is 22.5. The van der Waals surface area contributed by atoms with Crippen molar-refractivity contribution in [2.75, 3.05) is 20.6 Å². The van der Waals surface area contributed by atoms with E-state index in [4.69, 9.17) is 0 Å². The fourth-order valence-corrected chi connectivity index (χ4v) is 4.87. The summed E-state index contributed by atoms with van der Waals surface area (Å²) in [5.41, 5.74) is 6.43. The average molecular weight is 541 g/mol. The Morgan fingerprint density at radius 3 is 2.71 bits per heavy atom. The summed E-state index contributed by atoms with van der Waals surface area (Å²) in [7, 11) is 4.04. The molecule has 1 rings (SSSR count). The fourth-order valence-electron chi connectivity index (χ4n) is 4.41. The van der Waals surface area contributed by atoms with Gasteiger partial charge in [-0.25, -0.2) is 4.39 Å². The maximum absolute atomic E-state index is 14.7. The van der Waals surface area contributed by atoms with Crippen molar-refractivity contribution in [3.63, 3.8) is 0 Å². The van der Waals surface area contributed by atoms with Crippen LogP contribution in [0.5, 0.6) is 0 Å². The Balaban J connectivity index is 3.00. The molecule has 31 heavy (non-hydrogen) atoms. The number of halogens is 2. The Bertz CT molecular complexity index is 720. The number of allylic oxidation sites excluding steroid dienone is 6. The predicted molar refractivity (Wildman–Crippen MR) is 143 cm³/mol. The first-order valence-electron chi connectivity index (χ1n) is 11.5. The molecule has 1 aliphatic heterocycles. The topological polar surface area (TPSA) is 15.3 Å². The van der Waals surface area contributed by atoms with Crippen molar-refractivity contribution < 1.29 is 4.39 Å². The van der Waals surface area contributed by atoms with E-state index in [9.17, 15) is 4.39 Å². The smallest absolute Gasteiger partial charge is 0.185 e. The lowest BCUT2D eigenvalue weighted by Crippen LogP contribution is -2.28. The molecule has 0 aromatic carbocycles. The highest BCUT2D eigenvalue weighted by molar-refractivity contribution is 14.1. The first kappa shape index (κ1) is 27.9. The molecule has 3 unspecified atom stereocenters. The van der Waals surface area contributed by atoms with Crippen LogP contribution in [0.3, 0.4) is 0 Å². The Labute approximate surface area is 204 Å². The molecular formula is C27H42FIN2. The molecule has 0 spiro atoms. The summed E-state index contributed by atoms with van der Waals surface area (Å²) in [5, 5.41) is 3.40. The maximum Gasteiger partial charge on any atom is 0.185 e. The molecule has 4 heteroatoms. The van der Waals surface area contributed by atoms with Crippen molar-refractivity contribution in [1.29, 1.82) is 0 Å². The number of rotatable bonds is 13. The van der Waals surface area contributed by atoms with Crippen LogP contribution >= 0.6 is 22.6 Å². The molecule has 174 valence electrons. The molecular weight excluding hydrogens is 498 g/mol. The van der Waals surface area contributed by atoms with Gasteiger partial charge in [-0.05, 0) is 125 Å². The van der Waals surface area contributed by atoms with Crippen LogP contribution in [0.4, 0.5) is 4.39 Å². The number of alkyl halides is 2. The van der Waals surface area contributed by atoms with Crippen molar-refractivity contribution in [1.82, 2.24) is 10.2 Å². The van der Waals surface area contributed by atoms with Gasteiger partial charge in [0.15, 0.2) is 3.68 Å². The van der Waals surface area contributed by atoms with E-state index in [0.717, 1.165) is 49.9 Å². The highest BCUT2D eigenvalue weighted by Gasteiger charge is 2.30. The van der Waals surface area contributed by atoms with Crippen LogP contribution in [0.1, 0.15) is 59.8 Å². The average Bonchev–Trinajstić information content (AvgIpc) is 2.69. The molecule has 0 aromatic rings. The molecule has 4 atom stereocenters. The normalized spacial score (nSPS) is 19.8. The standard InChI is InChI=1S/C27H42FIN2/c1-8-10-13-23(20-30-6)24(18-21(3)12-9-2)19-22(4)15-16-26-25(27(5,28)29)14-11-17-31(26)7/h8-9,11,14,16-17,22-24,30H,1,10,13,15,18-20H2,2-7H3/b26-16-/t12?,22?,23?,24?,27-/m0/s1. The zero-order chi connectivity index (χ0) is 23.4. The Hall–Kier alpha value is -1.10. The largest absolute Gasteiger partial charge is 0.351 e. The van der Waals surface area contributed by atoms with E-state index in [1.807, 2.05) is 79.0 Å². The molecule has 2 nitrogen and oxygen atoms in total. The van der Waals surface area contributed by atoms with Crippen molar-refractivity contribution in [3.05, 3.63) is 65.7 Å². The molecule has 0 fully saturated rings. The van der Waals surface area contributed by atoms with Crippen molar-refractivity contribution in [3.8, 4) is 0 Å². The third-order valence-electron chi connectivity index (χ3n) is 5.95. The van der Waals surface area contributed by atoms with Crippen LogP contribution < -0.4 is 5.32 Å². The van der Waals surface area contributed by atoms with E-state index in [1.165, 1.54) is 5.57 Å². The van der Waals surface area contributed by atoms with Gasteiger partial charge in [-0.1, -0.05) is 25.2 Å². The van der Waals surface area contributed by atoms with Crippen LogP contribution in [0.15, 0.2) is 65.7 Å². The molecule has 0 aliphatic carbocycles. The summed E-state index contributed by atoms with van der Waals surface area (Å²) >= 11 is 1.89. The molecule has 0 amide bonds. The maximum atomic E-state index is 14.7. The number of nitrogens with one attached hydrogen (secondary N) is 1. The highest BCUT2D eigenvalue weighted by Crippen LogP contribution is 2.38. The second kappa shape index (κ2) is 14.1. The number of nitrogens with zero attached hydrogens (tertiary/aromatic N) is 1. The summed E-state index contributed by atoms with van der Waals surface area (Å²) in [6, 6.07) is 0. The van der Waals surface area contributed by atoms with Gasteiger partial charge in [0, 0.05) is 24.5 Å². The highest BCUT2D eigenvalue weighted by atomic mass is 127. The van der Waals surface area contributed by atoms with Gasteiger partial charge in [0.2, 0.25) is 0 Å². The second-order valence-electron chi connectivity index (χ2n) is 8.95. The van der Waals surface area contributed by atoms with Crippen LogP contribution in [0.25, 0.3) is 0 Å². The van der Waals surface area contributed by atoms with E-state index < -0.39 is 3.68 Å². The quantitative estimate of drug-likeness (QED) is 0.111. The van der Waals surface area contributed by atoms with Crippen LogP contribution in [-0.4, -0.2) is 29.2 Å². The summed E-state index contributed by atoms with van der Waals surface area (Å²) in [6.45, 7) is 13.1. The van der Waals surface area contributed by atoms with Gasteiger partial charge in [-0.15, -0.1) is 12.3 Å². The fraction of sp³-hybridized carbons (Fsp3) is 0.593. The lowest BCUT2D eigenvalue weighted by Gasteiger charge is -2.31. The minimum absolute atomic E-state index is 0.514. The van der Waals surface area contributed by atoms with Gasteiger partial charge in [0.25, 0.3) is 0 Å². The van der Waals surface area contributed by atoms with E-state index in [0.29, 0.717) is 17.8 Å². The summed E-state index contributed by atoms with van der Waals surface area (Å²) in [6.07, 6.45) is 17.4. The van der Waals surface area contributed by atoms with E-state index in [1.54, 1.807) is 6.92 Å². The number of hydrogen-bond acceptors (Lipinski definition) is 2. The number of likely N-dealkylation sites (N-methyl/N-ethyl adjacent to an activating group) is 1. The molecule has 1 aliphatic rings. The number of hydrogen-bond donors (Lipinski definition) is 1. The molecule has 1 heterocycles. The zero-order valence-electron chi connectivity index (χ0n) is 20.3. The van der Waals surface area contributed by atoms with Gasteiger partial charge >= 0.3 is 0 Å². The monoisotopic (exact) mass is 540 g/mol. The second-order valence-corrected chi connectivity index (χ2v) is 11.0. The van der Waals surface area contributed by atoms with Gasteiger partial charge < -0.3 is 10.2 Å². The molecule has 1 N–H and O–H groups in total. The Morgan fingerprint density at radius 2 is 2.13 bits per heavy atom. The lowest BCUT2D eigenvalue weighted by atomic mass is 9.78. The molecule has 0 bridgehead atoms. The van der Waals surface area contributed by atoms with Crippen LogP contribution in [0, 0.1) is 17.8 Å². The molecule has 0 saturated carbocycles. The van der Waals surface area contributed by atoms with Gasteiger partial charge in [0.1, 0.15) is 0 Å². The summed E-state index contributed by atoms with van der Waals surface area (Å²) < 4.78 is 13.4. The van der Waals surface area contributed by atoms with Crippen LogP contribution in [0.2, 0.25) is 0 Å². The third kappa shape index (κ3) is 9.93. The lowest BCUT2D eigenvalue weighted by molar-refractivity contribution is 0.254. The molecule has 0 radical (unpaired) electrons. The summed E-state index contributed by atoms with van der Waals surface area (Å²) in [5.74, 6) is 1.70. The van der Waals surface area contributed by atoms with Gasteiger partial charge in [0.05, 0.1) is 0 Å².